The van der Waals surface area contributed by atoms with Gasteiger partial charge in [-0.1, -0.05) is 0 Å². The number of rotatable bonds is 4. The highest BCUT2D eigenvalue weighted by Crippen LogP contribution is 2.21. The van der Waals surface area contributed by atoms with E-state index in [9.17, 15) is 19.2 Å². The second-order valence-corrected chi connectivity index (χ2v) is 6.01. The minimum Gasteiger partial charge on any atom is -0.356 e. The van der Waals surface area contributed by atoms with Gasteiger partial charge in [-0.2, -0.15) is 0 Å². The van der Waals surface area contributed by atoms with Crippen molar-refractivity contribution in [2.45, 2.75) is 25.3 Å². The van der Waals surface area contributed by atoms with Crippen molar-refractivity contribution in [2.75, 3.05) is 18.0 Å². The first kappa shape index (κ1) is 16.1. The van der Waals surface area contributed by atoms with Crippen LogP contribution >= 0.6 is 0 Å². The number of hydrogen-bond donors (Lipinski definition) is 2. The van der Waals surface area contributed by atoms with Crippen molar-refractivity contribution in [2.24, 2.45) is 5.92 Å². The van der Waals surface area contributed by atoms with Gasteiger partial charge in [0.25, 0.3) is 5.91 Å². The second-order valence-electron chi connectivity index (χ2n) is 6.01. The van der Waals surface area contributed by atoms with Crippen molar-refractivity contribution in [1.82, 2.24) is 15.6 Å². The van der Waals surface area contributed by atoms with Gasteiger partial charge in [0, 0.05) is 31.6 Å². The Bertz CT molecular complexity index is 673. The van der Waals surface area contributed by atoms with E-state index < -0.39 is 17.9 Å². The van der Waals surface area contributed by atoms with E-state index in [1.807, 2.05) is 4.90 Å². The predicted molar refractivity (Wildman–Crippen MR) is 84.3 cm³/mol. The second kappa shape index (κ2) is 6.77. The number of carbonyl (C=O) groups is 4. The summed E-state index contributed by atoms with van der Waals surface area (Å²) < 4.78 is 0. The van der Waals surface area contributed by atoms with Crippen molar-refractivity contribution < 1.29 is 19.2 Å². The lowest BCUT2D eigenvalue weighted by Crippen LogP contribution is -2.52. The lowest BCUT2D eigenvalue weighted by Gasteiger charge is -2.22. The quantitative estimate of drug-likeness (QED) is 0.577. The first-order valence-corrected chi connectivity index (χ1v) is 7.87. The molecular weight excluding hydrogens is 312 g/mol. The maximum absolute atomic E-state index is 12.2. The van der Waals surface area contributed by atoms with Crippen LogP contribution in [-0.2, 0) is 14.4 Å². The fraction of sp³-hybridized carbons (Fsp3) is 0.438. The van der Waals surface area contributed by atoms with Crippen LogP contribution in [0.2, 0.25) is 0 Å². The first-order valence-electron chi connectivity index (χ1n) is 7.87. The largest absolute Gasteiger partial charge is 0.356 e. The summed E-state index contributed by atoms with van der Waals surface area (Å²) in [6.45, 7) is 1.40. The van der Waals surface area contributed by atoms with Gasteiger partial charge in [0.2, 0.25) is 11.8 Å². The van der Waals surface area contributed by atoms with Crippen LogP contribution in [0.3, 0.4) is 0 Å². The number of pyridine rings is 1. The zero-order valence-corrected chi connectivity index (χ0v) is 13.0. The van der Waals surface area contributed by atoms with Crippen molar-refractivity contribution in [3.8, 4) is 0 Å². The summed E-state index contributed by atoms with van der Waals surface area (Å²) in [7, 11) is 0. The molecule has 126 valence electrons. The predicted octanol–water partition coefficient (Wildman–Crippen LogP) is -0.358. The van der Waals surface area contributed by atoms with Crippen LogP contribution in [0.25, 0.3) is 0 Å². The van der Waals surface area contributed by atoms with Gasteiger partial charge in [-0.3, -0.25) is 19.7 Å². The number of aldehydes is 1. The molecule has 8 heteroatoms. The van der Waals surface area contributed by atoms with Gasteiger partial charge in [-0.05, 0) is 25.0 Å². The highest BCUT2D eigenvalue weighted by atomic mass is 16.2. The fourth-order valence-corrected chi connectivity index (χ4v) is 2.89. The number of piperidine rings is 1. The smallest absolute Gasteiger partial charge is 0.253 e. The van der Waals surface area contributed by atoms with Gasteiger partial charge in [0.1, 0.15) is 18.1 Å². The summed E-state index contributed by atoms with van der Waals surface area (Å²) >= 11 is 0. The SMILES string of the molecule is O=CC1CCN(c2ccc(C(=O)NC3CCC(=O)NC3=O)cn2)C1. The topological polar surface area (TPSA) is 108 Å². The molecule has 0 bridgehead atoms. The van der Waals surface area contributed by atoms with Crippen molar-refractivity contribution >= 4 is 29.8 Å². The van der Waals surface area contributed by atoms with Gasteiger partial charge < -0.3 is 15.0 Å². The maximum atomic E-state index is 12.2. The maximum Gasteiger partial charge on any atom is 0.253 e. The van der Waals surface area contributed by atoms with Crippen LogP contribution in [0.15, 0.2) is 18.3 Å². The summed E-state index contributed by atoms with van der Waals surface area (Å²) in [5.74, 6) is -0.466. The van der Waals surface area contributed by atoms with Gasteiger partial charge in [-0.15, -0.1) is 0 Å². The van der Waals surface area contributed by atoms with Crippen LogP contribution in [0.5, 0.6) is 0 Å². The monoisotopic (exact) mass is 330 g/mol. The Labute approximate surface area is 138 Å². The van der Waals surface area contributed by atoms with Gasteiger partial charge in [-0.25, -0.2) is 4.98 Å². The molecule has 24 heavy (non-hydrogen) atoms. The third-order valence-corrected chi connectivity index (χ3v) is 4.30. The van der Waals surface area contributed by atoms with E-state index >= 15 is 0 Å². The molecule has 3 heterocycles. The summed E-state index contributed by atoms with van der Waals surface area (Å²) in [4.78, 5) is 52.0. The van der Waals surface area contributed by atoms with E-state index in [4.69, 9.17) is 0 Å². The van der Waals surface area contributed by atoms with Crippen LogP contribution in [-0.4, -0.2) is 48.1 Å². The standard InChI is InChI=1S/C16H18N4O4/c21-9-10-5-6-20(8-10)13-3-1-11(7-17-13)15(23)18-12-2-4-14(22)19-16(12)24/h1,3,7,9-10,12H,2,4-6,8H2,(H,18,23)(H,19,22,24). The Morgan fingerprint density at radius 1 is 1.33 bits per heavy atom. The highest BCUT2D eigenvalue weighted by molar-refractivity contribution is 6.03. The number of carbonyl (C=O) groups excluding carboxylic acids is 4. The molecule has 2 aliphatic heterocycles. The molecule has 8 nitrogen and oxygen atoms in total. The lowest BCUT2D eigenvalue weighted by atomic mass is 10.1. The molecule has 0 saturated carbocycles. The molecule has 2 N–H and O–H groups in total. The molecule has 1 aromatic heterocycles. The molecule has 1 aromatic rings. The number of nitrogens with zero attached hydrogens (tertiary/aromatic N) is 2. The molecule has 3 amide bonds. The van der Waals surface area contributed by atoms with Gasteiger partial charge in [0.05, 0.1) is 5.56 Å². The number of nitrogens with one attached hydrogen (secondary N) is 2. The summed E-state index contributed by atoms with van der Waals surface area (Å²) in [6, 6.07) is 2.66. The van der Waals surface area contributed by atoms with E-state index in [1.165, 1.54) is 6.20 Å². The highest BCUT2D eigenvalue weighted by Gasteiger charge is 2.28. The molecule has 0 spiro atoms. The normalized spacial score (nSPS) is 23.8. The average molecular weight is 330 g/mol. The third kappa shape index (κ3) is 3.42. The number of imide groups is 1. The summed E-state index contributed by atoms with van der Waals surface area (Å²) in [6.07, 6.45) is 3.72. The van der Waals surface area contributed by atoms with E-state index in [0.29, 0.717) is 18.5 Å². The molecule has 2 fully saturated rings. The van der Waals surface area contributed by atoms with Crippen molar-refractivity contribution in [3.05, 3.63) is 23.9 Å². The Morgan fingerprint density at radius 3 is 2.79 bits per heavy atom. The number of aromatic nitrogens is 1. The van der Waals surface area contributed by atoms with E-state index in [-0.39, 0.29) is 18.2 Å². The Balaban J connectivity index is 1.61. The molecule has 0 radical (unpaired) electrons. The third-order valence-electron chi connectivity index (χ3n) is 4.30. The van der Waals surface area contributed by atoms with Crippen molar-refractivity contribution in [1.29, 1.82) is 0 Å². The zero-order chi connectivity index (χ0) is 17.1. The molecule has 2 aliphatic rings. The van der Waals surface area contributed by atoms with E-state index in [1.54, 1.807) is 12.1 Å². The molecule has 2 atom stereocenters. The molecule has 0 aromatic carbocycles. The van der Waals surface area contributed by atoms with Crippen molar-refractivity contribution in [3.63, 3.8) is 0 Å². The number of anilines is 1. The Kier molecular flexibility index (Phi) is 4.54. The van der Waals surface area contributed by atoms with Crippen LogP contribution < -0.4 is 15.5 Å². The van der Waals surface area contributed by atoms with Crippen LogP contribution in [0.1, 0.15) is 29.6 Å². The minimum atomic E-state index is -0.707. The molecule has 2 saturated heterocycles. The molecule has 0 aliphatic carbocycles. The molecular formula is C16H18N4O4. The Morgan fingerprint density at radius 2 is 2.17 bits per heavy atom. The average Bonchev–Trinajstić information content (AvgIpc) is 3.06. The summed E-state index contributed by atoms with van der Waals surface area (Å²) in [5, 5.41) is 4.81. The summed E-state index contributed by atoms with van der Waals surface area (Å²) in [5.41, 5.74) is 0.342. The van der Waals surface area contributed by atoms with E-state index in [0.717, 1.165) is 25.1 Å². The van der Waals surface area contributed by atoms with Gasteiger partial charge in [0.15, 0.2) is 0 Å². The zero-order valence-electron chi connectivity index (χ0n) is 13.0. The first-order chi connectivity index (χ1) is 11.6. The molecule has 3 rings (SSSR count). The molecule has 2 unspecified atom stereocenters. The van der Waals surface area contributed by atoms with Gasteiger partial charge >= 0.3 is 0 Å². The van der Waals surface area contributed by atoms with Crippen LogP contribution in [0, 0.1) is 5.92 Å². The fourth-order valence-electron chi connectivity index (χ4n) is 2.89. The van der Waals surface area contributed by atoms with Crippen LogP contribution in [0.4, 0.5) is 5.82 Å². The minimum absolute atomic E-state index is 0.0299. The number of hydrogen-bond acceptors (Lipinski definition) is 6. The Hall–Kier alpha value is -2.77. The van der Waals surface area contributed by atoms with E-state index in [2.05, 4.69) is 15.6 Å². The number of amides is 3. The lowest BCUT2D eigenvalue weighted by molar-refractivity contribution is -0.134.